The summed E-state index contributed by atoms with van der Waals surface area (Å²) in [6.07, 6.45) is 8.40. The summed E-state index contributed by atoms with van der Waals surface area (Å²) < 4.78 is 23.2. The zero-order chi connectivity index (χ0) is 21.0. The highest BCUT2D eigenvalue weighted by Crippen LogP contribution is 2.44. The number of benzene rings is 1. The van der Waals surface area contributed by atoms with Crippen LogP contribution in [-0.4, -0.2) is 43.1 Å². The Morgan fingerprint density at radius 3 is 2.70 bits per heavy atom. The normalized spacial score (nSPS) is 29.8. The molecule has 0 bridgehead atoms. The van der Waals surface area contributed by atoms with Crippen molar-refractivity contribution in [2.45, 2.75) is 63.4 Å². The molecule has 0 radical (unpaired) electrons. The SMILES string of the molecule is CCCCCC1(/C=C/[C@H]2[C@H](OC(=O)c3ccccc3)CC3OC(=O)C[C@@H]32)OCCO1. The summed E-state index contributed by atoms with van der Waals surface area (Å²) in [4.78, 5) is 24.5. The molecule has 1 aliphatic carbocycles. The molecular weight excluding hydrogens is 384 g/mol. The van der Waals surface area contributed by atoms with Crippen LogP contribution in [0.3, 0.4) is 0 Å². The van der Waals surface area contributed by atoms with Crippen molar-refractivity contribution in [2.75, 3.05) is 13.2 Å². The summed E-state index contributed by atoms with van der Waals surface area (Å²) in [6.45, 7) is 3.31. The molecule has 0 aromatic heterocycles. The van der Waals surface area contributed by atoms with Crippen LogP contribution in [-0.2, 0) is 23.7 Å². The van der Waals surface area contributed by atoms with Gasteiger partial charge in [-0.3, -0.25) is 4.79 Å². The lowest BCUT2D eigenvalue weighted by Crippen LogP contribution is -2.29. The summed E-state index contributed by atoms with van der Waals surface area (Å²) >= 11 is 0. The first-order chi connectivity index (χ1) is 14.6. The van der Waals surface area contributed by atoms with Gasteiger partial charge in [0.15, 0.2) is 5.79 Å². The molecule has 6 nitrogen and oxygen atoms in total. The molecule has 3 aliphatic rings. The molecule has 0 N–H and O–H groups in total. The quantitative estimate of drug-likeness (QED) is 0.363. The standard InChI is InChI=1S/C24H30O6/c1-2-3-7-11-24(27-13-14-28-24)12-10-18-19-15-22(25)29-21(19)16-20(18)30-23(26)17-8-5-4-6-9-17/h4-6,8-10,12,18-21H,2-3,7,11,13-16H2,1H3/b12-10+/t18-,19-,20-,21?/m1/s1. The maximum absolute atomic E-state index is 12.6. The summed E-state index contributed by atoms with van der Waals surface area (Å²) in [5, 5.41) is 0. The van der Waals surface area contributed by atoms with E-state index in [0.717, 1.165) is 25.7 Å². The smallest absolute Gasteiger partial charge is 0.338 e. The highest BCUT2D eigenvalue weighted by Gasteiger charge is 2.51. The Morgan fingerprint density at radius 2 is 1.97 bits per heavy atom. The van der Waals surface area contributed by atoms with E-state index in [2.05, 4.69) is 6.92 Å². The summed E-state index contributed by atoms with van der Waals surface area (Å²) in [6, 6.07) is 8.97. The predicted octanol–water partition coefficient (Wildman–Crippen LogP) is 4.04. The zero-order valence-corrected chi connectivity index (χ0v) is 17.5. The largest absolute Gasteiger partial charge is 0.462 e. The molecule has 30 heavy (non-hydrogen) atoms. The minimum absolute atomic E-state index is 0.0106. The van der Waals surface area contributed by atoms with Gasteiger partial charge in [0.25, 0.3) is 0 Å². The average Bonchev–Trinajstić information content (AvgIpc) is 3.43. The zero-order valence-electron chi connectivity index (χ0n) is 17.5. The molecule has 1 unspecified atom stereocenters. The molecule has 0 spiro atoms. The van der Waals surface area contributed by atoms with Crippen LogP contribution in [0.25, 0.3) is 0 Å². The number of carbonyl (C=O) groups excluding carboxylic acids is 2. The van der Waals surface area contributed by atoms with E-state index in [1.807, 2.05) is 30.4 Å². The van der Waals surface area contributed by atoms with Crippen LogP contribution in [0.5, 0.6) is 0 Å². The van der Waals surface area contributed by atoms with Gasteiger partial charge in [0.05, 0.1) is 25.2 Å². The van der Waals surface area contributed by atoms with Crippen LogP contribution < -0.4 is 0 Å². The molecule has 1 aromatic carbocycles. The predicted molar refractivity (Wildman–Crippen MR) is 110 cm³/mol. The van der Waals surface area contributed by atoms with E-state index in [0.29, 0.717) is 31.6 Å². The van der Waals surface area contributed by atoms with Crippen molar-refractivity contribution in [3.63, 3.8) is 0 Å². The van der Waals surface area contributed by atoms with Crippen LogP contribution in [0.15, 0.2) is 42.5 Å². The second-order valence-corrected chi connectivity index (χ2v) is 8.34. The van der Waals surface area contributed by atoms with E-state index in [9.17, 15) is 9.59 Å². The summed E-state index contributed by atoms with van der Waals surface area (Å²) in [5.41, 5.74) is 0.521. The van der Waals surface area contributed by atoms with Crippen LogP contribution in [0, 0.1) is 11.8 Å². The highest BCUT2D eigenvalue weighted by molar-refractivity contribution is 5.89. The Labute approximate surface area is 177 Å². The Morgan fingerprint density at radius 1 is 1.20 bits per heavy atom. The Kier molecular flexibility index (Phi) is 6.54. The molecule has 4 atom stereocenters. The number of esters is 2. The third-order valence-electron chi connectivity index (χ3n) is 6.30. The van der Waals surface area contributed by atoms with Gasteiger partial charge in [0, 0.05) is 24.7 Å². The molecule has 4 rings (SSSR count). The maximum Gasteiger partial charge on any atom is 0.338 e. The third-order valence-corrected chi connectivity index (χ3v) is 6.30. The Bertz CT molecular complexity index is 767. The maximum atomic E-state index is 12.6. The van der Waals surface area contributed by atoms with Gasteiger partial charge in [0.1, 0.15) is 12.2 Å². The van der Waals surface area contributed by atoms with Gasteiger partial charge in [0.2, 0.25) is 0 Å². The molecule has 2 saturated heterocycles. The molecule has 2 aliphatic heterocycles. The van der Waals surface area contributed by atoms with Gasteiger partial charge in [-0.2, -0.15) is 0 Å². The van der Waals surface area contributed by atoms with E-state index in [4.69, 9.17) is 18.9 Å². The van der Waals surface area contributed by atoms with Gasteiger partial charge in [-0.25, -0.2) is 4.79 Å². The van der Waals surface area contributed by atoms with E-state index in [-0.39, 0.29) is 36.0 Å². The van der Waals surface area contributed by atoms with Crippen LogP contribution in [0.4, 0.5) is 0 Å². The van der Waals surface area contributed by atoms with Crippen molar-refractivity contribution in [2.24, 2.45) is 11.8 Å². The summed E-state index contributed by atoms with van der Waals surface area (Å²) in [7, 11) is 0. The van der Waals surface area contributed by atoms with Crippen molar-refractivity contribution < 1.29 is 28.5 Å². The van der Waals surface area contributed by atoms with Gasteiger partial charge < -0.3 is 18.9 Å². The average molecular weight is 414 g/mol. The van der Waals surface area contributed by atoms with Crippen molar-refractivity contribution >= 4 is 11.9 Å². The topological polar surface area (TPSA) is 71.1 Å². The Hall–Kier alpha value is -2.18. The fourth-order valence-corrected chi connectivity index (χ4v) is 4.74. The van der Waals surface area contributed by atoms with Crippen LogP contribution in [0.2, 0.25) is 0 Å². The lowest BCUT2D eigenvalue weighted by atomic mass is 9.90. The first kappa shape index (κ1) is 21.1. The van der Waals surface area contributed by atoms with Crippen molar-refractivity contribution in [3.05, 3.63) is 48.0 Å². The van der Waals surface area contributed by atoms with Crippen LogP contribution in [0.1, 0.15) is 55.8 Å². The van der Waals surface area contributed by atoms with Gasteiger partial charge in [-0.1, -0.05) is 44.0 Å². The number of rotatable bonds is 8. The van der Waals surface area contributed by atoms with Crippen molar-refractivity contribution in [1.82, 2.24) is 0 Å². The molecule has 1 aromatic rings. The number of hydrogen-bond acceptors (Lipinski definition) is 6. The fourth-order valence-electron chi connectivity index (χ4n) is 4.74. The number of hydrogen-bond donors (Lipinski definition) is 0. The van der Waals surface area contributed by atoms with Gasteiger partial charge in [-0.05, 0) is 24.6 Å². The lowest BCUT2D eigenvalue weighted by molar-refractivity contribution is -0.141. The second-order valence-electron chi connectivity index (χ2n) is 8.34. The second kappa shape index (κ2) is 9.31. The monoisotopic (exact) mass is 414 g/mol. The van der Waals surface area contributed by atoms with Crippen molar-refractivity contribution in [1.29, 1.82) is 0 Å². The molecule has 1 saturated carbocycles. The van der Waals surface area contributed by atoms with Gasteiger partial charge >= 0.3 is 11.9 Å². The number of unbranched alkanes of at least 4 members (excludes halogenated alkanes) is 2. The lowest BCUT2D eigenvalue weighted by Gasteiger charge is -2.26. The molecular formula is C24H30O6. The first-order valence-corrected chi connectivity index (χ1v) is 11.0. The summed E-state index contributed by atoms with van der Waals surface area (Å²) in [5.74, 6) is -1.34. The highest BCUT2D eigenvalue weighted by atomic mass is 16.7. The van der Waals surface area contributed by atoms with E-state index >= 15 is 0 Å². The number of fused-ring (bicyclic) bond motifs is 1. The third kappa shape index (κ3) is 4.60. The fraction of sp³-hybridized carbons (Fsp3) is 0.583. The van der Waals surface area contributed by atoms with Crippen molar-refractivity contribution in [3.8, 4) is 0 Å². The number of ether oxygens (including phenoxy) is 4. The molecule has 162 valence electrons. The van der Waals surface area contributed by atoms with E-state index in [1.165, 1.54) is 0 Å². The molecule has 0 amide bonds. The van der Waals surface area contributed by atoms with Gasteiger partial charge in [-0.15, -0.1) is 0 Å². The van der Waals surface area contributed by atoms with E-state index < -0.39 is 5.79 Å². The molecule has 3 fully saturated rings. The molecule has 2 heterocycles. The Balaban J connectivity index is 1.50. The minimum Gasteiger partial charge on any atom is -0.462 e. The van der Waals surface area contributed by atoms with E-state index in [1.54, 1.807) is 12.1 Å². The number of carbonyl (C=O) groups is 2. The molecule has 6 heteroatoms. The first-order valence-electron chi connectivity index (χ1n) is 11.0. The van der Waals surface area contributed by atoms with Crippen LogP contribution >= 0.6 is 0 Å². The minimum atomic E-state index is -0.718.